The molecule has 0 bridgehead atoms. The number of ether oxygens (including phenoxy) is 1. The summed E-state index contributed by atoms with van der Waals surface area (Å²) in [4.78, 5) is 8.63. The van der Waals surface area contributed by atoms with Crippen molar-refractivity contribution in [2.24, 2.45) is 7.05 Å². The summed E-state index contributed by atoms with van der Waals surface area (Å²) < 4.78 is 6.83. The average molecular weight is 358 g/mol. The quantitative estimate of drug-likeness (QED) is 0.477. The summed E-state index contributed by atoms with van der Waals surface area (Å²) in [6, 6.07) is 7.02. The van der Waals surface area contributed by atoms with Crippen molar-refractivity contribution in [3.05, 3.63) is 41.0 Å². The fourth-order valence-corrected chi connectivity index (χ4v) is 2.58. The standard InChI is InChI=1S/C16H16ClN7O/c1-24-16(21-12-6-5-11(19)10(8-18)13(12)17)22-14(23-24)9-4-3-7-20-15(9)25-2/h3-8,18H,19H2,1-2H3,(H,21,22,23). The Morgan fingerprint density at radius 3 is 2.88 bits per heavy atom. The van der Waals surface area contributed by atoms with Gasteiger partial charge in [0.1, 0.15) is 0 Å². The van der Waals surface area contributed by atoms with Crippen LogP contribution in [-0.2, 0) is 7.05 Å². The first kappa shape index (κ1) is 16.7. The van der Waals surface area contributed by atoms with Crippen molar-refractivity contribution < 1.29 is 4.74 Å². The molecule has 3 aromatic rings. The van der Waals surface area contributed by atoms with Crippen LogP contribution in [0.3, 0.4) is 0 Å². The predicted octanol–water partition coefficient (Wildman–Crippen LogP) is 2.86. The van der Waals surface area contributed by atoms with Gasteiger partial charge in [-0.1, -0.05) is 11.6 Å². The lowest BCUT2D eigenvalue weighted by atomic mass is 10.1. The number of nitrogen functional groups attached to an aromatic ring is 1. The van der Waals surface area contributed by atoms with E-state index in [2.05, 4.69) is 20.4 Å². The Balaban J connectivity index is 1.98. The van der Waals surface area contributed by atoms with Crippen LogP contribution in [0.2, 0.25) is 5.02 Å². The van der Waals surface area contributed by atoms with E-state index in [0.29, 0.717) is 45.2 Å². The van der Waals surface area contributed by atoms with Gasteiger partial charge < -0.3 is 21.2 Å². The fraction of sp³-hybridized carbons (Fsp3) is 0.125. The van der Waals surface area contributed by atoms with Gasteiger partial charge >= 0.3 is 0 Å². The van der Waals surface area contributed by atoms with E-state index in [4.69, 9.17) is 27.5 Å². The number of anilines is 3. The van der Waals surface area contributed by atoms with Gasteiger partial charge in [-0.2, -0.15) is 4.98 Å². The lowest BCUT2D eigenvalue weighted by Gasteiger charge is -2.10. The van der Waals surface area contributed by atoms with E-state index in [-0.39, 0.29) is 0 Å². The lowest BCUT2D eigenvalue weighted by Crippen LogP contribution is -2.03. The van der Waals surface area contributed by atoms with Gasteiger partial charge in [-0.05, 0) is 24.3 Å². The van der Waals surface area contributed by atoms with Crippen LogP contribution in [-0.4, -0.2) is 33.1 Å². The number of rotatable bonds is 5. The Bertz CT molecular complexity index is 938. The molecule has 25 heavy (non-hydrogen) atoms. The maximum Gasteiger partial charge on any atom is 0.226 e. The number of hydrogen-bond donors (Lipinski definition) is 3. The van der Waals surface area contributed by atoms with Crippen LogP contribution in [0.25, 0.3) is 11.4 Å². The van der Waals surface area contributed by atoms with Crippen LogP contribution < -0.4 is 15.8 Å². The Kier molecular flexibility index (Phi) is 4.53. The molecule has 1 aromatic carbocycles. The maximum absolute atomic E-state index is 7.43. The molecule has 2 aromatic heterocycles. The number of aryl methyl sites for hydroxylation is 1. The number of nitrogens with two attached hydrogens (primary N) is 1. The van der Waals surface area contributed by atoms with Crippen molar-refractivity contribution in [3.8, 4) is 17.3 Å². The van der Waals surface area contributed by atoms with Crippen LogP contribution >= 0.6 is 11.6 Å². The van der Waals surface area contributed by atoms with Crippen LogP contribution in [0.15, 0.2) is 30.5 Å². The van der Waals surface area contributed by atoms with Gasteiger partial charge in [0.2, 0.25) is 11.8 Å². The molecule has 9 heteroatoms. The summed E-state index contributed by atoms with van der Waals surface area (Å²) in [6.45, 7) is 0. The second-order valence-electron chi connectivity index (χ2n) is 5.14. The first-order valence-corrected chi connectivity index (χ1v) is 7.68. The molecular weight excluding hydrogens is 342 g/mol. The molecule has 0 fully saturated rings. The highest BCUT2D eigenvalue weighted by Gasteiger charge is 2.16. The SMILES string of the molecule is COc1ncccc1-c1nc(Nc2ccc(N)c(C=N)c2Cl)n(C)n1. The number of pyridine rings is 1. The van der Waals surface area contributed by atoms with Gasteiger partial charge in [-0.25, -0.2) is 9.67 Å². The van der Waals surface area contributed by atoms with E-state index in [9.17, 15) is 0 Å². The Labute approximate surface area is 149 Å². The zero-order valence-corrected chi connectivity index (χ0v) is 14.4. The number of nitrogens with one attached hydrogen (secondary N) is 2. The van der Waals surface area contributed by atoms with Crippen LogP contribution in [0.1, 0.15) is 5.56 Å². The van der Waals surface area contributed by atoms with Crippen LogP contribution in [0, 0.1) is 5.41 Å². The molecule has 8 nitrogen and oxygen atoms in total. The van der Waals surface area contributed by atoms with E-state index < -0.39 is 0 Å². The normalized spacial score (nSPS) is 10.5. The zero-order chi connectivity index (χ0) is 18.0. The Morgan fingerprint density at radius 1 is 1.36 bits per heavy atom. The average Bonchev–Trinajstić information content (AvgIpc) is 2.98. The maximum atomic E-state index is 7.43. The van der Waals surface area contributed by atoms with Gasteiger partial charge in [0, 0.05) is 30.7 Å². The highest BCUT2D eigenvalue weighted by atomic mass is 35.5. The van der Waals surface area contributed by atoms with Crippen molar-refractivity contribution in [1.82, 2.24) is 19.7 Å². The van der Waals surface area contributed by atoms with E-state index in [0.717, 1.165) is 6.21 Å². The molecule has 2 heterocycles. The third kappa shape index (κ3) is 3.11. The van der Waals surface area contributed by atoms with E-state index in [1.165, 1.54) is 0 Å². The molecule has 0 amide bonds. The molecule has 0 spiro atoms. The van der Waals surface area contributed by atoms with Gasteiger partial charge in [0.05, 0.1) is 23.4 Å². The highest BCUT2D eigenvalue weighted by molar-refractivity contribution is 6.36. The smallest absolute Gasteiger partial charge is 0.226 e. The highest BCUT2D eigenvalue weighted by Crippen LogP contribution is 2.32. The molecule has 0 aliphatic heterocycles. The third-order valence-corrected chi connectivity index (χ3v) is 3.98. The number of nitrogens with zero attached hydrogens (tertiary/aromatic N) is 4. The predicted molar refractivity (Wildman–Crippen MR) is 97.8 cm³/mol. The lowest BCUT2D eigenvalue weighted by molar-refractivity contribution is 0.399. The molecule has 3 rings (SSSR count). The van der Waals surface area contributed by atoms with Gasteiger partial charge in [-0.15, -0.1) is 5.10 Å². The summed E-state index contributed by atoms with van der Waals surface area (Å²) >= 11 is 6.31. The third-order valence-electron chi connectivity index (χ3n) is 3.57. The van der Waals surface area contributed by atoms with Crippen molar-refractivity contribution in [2.75, 3.05) is 18.2 Å². The number of methoxy groups -OCH3 is 1. The molecule has 0 aliphatic carbocycles. The number of halogens is 1. The zero-order valence-electron chi connectivity index (χ0n) is 13.6. The summed E-state index contributed by atoms with van der Waals surface area (Å²) in [6.07, 6.45) is 2.75. The molecule has 0 saturated carbocycles. The number of aromatic nitrogens is 4. The molecule has 0 saturated heterocycles. The minimum Gasteiger partial charge on any atom is -0.480 e. The van der Waals surface area contributed by atoms with E-state index in [1.807, 2.05) is 6.07 Å². The summed E-state index contributed by atoms with van der Waals surface area (Å²) in [5.41, 5.74) is 7.96. The minimum atomic E-state index is 0.346. The van der Waals surface area contributed by atoms with Gasteiger partial charge in [0.15, 0.2) is 5.82 Å². The Hall–Kier alpha value is -3.13. The Morgan fingerprint density at radius 2 is 2.16 bits per heavy atom. The fourth-order valence-electron chi connectivity index (χ4n) is 2.30. The van der Waals surface area contributed by atoms with Crippen molar-refractivity contribution in [2.45, 2.75) is 0 Å². The number of benzene rings is 1. The molecule has 0 atom stereocenters. The molecule has 128 valence electrons. The molecule has 0 unspecified atom stereocenters. The molecule has 0 radical (unpaired) electrons. The molecule has 0 aliphatic rings. The van der Waals surface area contributed by atoms with Crippen molar-refractivity contribution >= 4 is 35.1 Å². The second kappa shape index (κ2) is 6.78. The largest absolute Gasteiger partial charge is 0.480 e. The first-order valence-electron chi connectivity index (χ1n) is 7.31. The van der Waals surface area contributed by atoms with Crippen LogP contribution in [0.4, 0.5) is 17.3 Å². The van der Waals surface area contributed by atoms with E-state index in [1.54, 1.807) is 43.2 Å². The summed E-state index contributed by atoms with van der Waals surface area (Å²) in [5.74, 6) is 1.38. The van der Waals surface area contributed by atoms with Gasteiger partial charge in [-0.3, -0.25) is 0 Å². The van der Waals surface area contributed by atoms with Crippen LogP contribution in [0.5, 0.6) is 5.88 Å². The number of hydrogen-bond acceptors (Lipinski definition) is 7. The molecule has 4 N–H and O–H groups in total. The first-order chi connectivity index (χ1) is 12.0. The van der Waals surface area contributed by atoms with E-state index >= 15 is 0 Å². The molecular formula is C16H16ClN7O. The topological polar surface area (TPSA) is 115 Å². The van der Waals surface area contributed by atoms with Gasteiger partial charge in [0.25, 0.3) is 0 Å². The summed E-state index contributed by atoms with van der Waals surface area (Å²) in [5, 5.41) is 15.3. The second-order valence-corrected chi connectivity index (χ2v) is 5.52. The van der Waals surface area contributed by atoms with Crippen molar-refractivity contribution in [3.63, 3.8) is 0 Å². The summed E-state index contributed by atoms with van der Waals surface area (Å²) in [7, 11) is 3.30. The van der Waals surface area contributed by atoms with Crippen molar-refractivity contribution in [1.29, 1.82) is 5.41 Å². The monoisotopic (exact) mass is 357 g/mol. The minimum absolute atomic E-state index is 0.346.